The molecule has 2 aromatic heterocycles. The van der Waals surface area contributed by atoms with Gasteiger partial charge in [-0.05, 0) is 66.1 Å². The molecule has 0 fully saturated rings. The van der Waals surface area contributed by atoms with Crippen LogP contribution in [-0.4, -0.2) is 15.9 Å². The molecule has 0 aliphatic carbocycles. The van der Waals surface area contributed by atoms with Gasteiger partial charge in [0, 0.05) is 36.0 Å². The number of para-hydroxylation sites is 1. The van der Waals surface area contributed by atoms with Crippen LogP contribution in [0.3, 0.4) is 0 Å². The summed E-state index contributed by atoms with van der Waals surface area (Å²) in [5.41, 5.74) is 4.69. The number of pyridine rings is 2. The zero-order valence-electron chi connectivity index (χ0n) is 16.0. The van der Waals surface area contributed by atoms with Crippen LogP contribution >= 0.6 is 0 Å². The van der Waals surface area contributed by atoms with Crippen molar-refractivity contribution in [1.29, 1.82) is 0 Å². The van der Waals surface area contributed by atoms with E-state index in [9.17, 15) is 4.79 Å². The Bertz CT molecular complexity index is 1140. The Morgan fingerprint density at radius 1 is 0.724 bits per heavy atom. The lowest BCUT2D eigenvalue weighted by atomic mass is 9.69. The molecule has 5 rings (SSSR count). The first kappa shape index (κ1) is 17.3. The fourth-order valence-electron chi connectivity index (χ4n) is 4.45. The topological polar surface area (TPSA) is 46.1 Å². The van der Waals surface area contributed by atoms with Crippen molar-refractivity contribution in [3.63, 3.8) is 0 Å². The first-order valence-corrected chi connectivity index (χ1v) is 9.55. The Labute approximate surface area is 169 Å². The van der Waals surface area contributed by atoms with Crippen molar-refractivity contribution in [2.24, 2.45) is 0 Å². The molecule has 1 amide bonds. The van der Waals surface area contributed by atoms with Crippen LogP contribution in [0.25, 0.3) is 0 Å². The van der Waals surface area contributed by atoms with Crippen LogP contribution < -0.4 is 4.90 Å². The maximum Gasteiger partial charge on any atom is 0.251 e. The highest BCUT2D eigenvalue weighted by molar-refractivity contribution is 6.17. The predicted octanol–water partition coefficient (Wildman–Crippen LogP) is 4.80. The van der Waals surface area contributed by atoms with Crippen molar-refractivity contribution in [1.82, 2.24) is 9.97 Å². The van der Waals surface area contributed by atoms with Crippen LogP contribution in [0.15, 0.2) is 97.6 Å². The van der Waals surface area contributed by atoms with Crippen LogP contribution in [-0.2, 0) is 10.2 Å². The molecule has 0 N–H and O–H groups in total. The molecule has 0 radical (unpaired) electrons. The van der Waals surface area contributed by atoms with E-state index in [0.717, 1.165) is 33.6 Å². The van der Waals surface area contributed by atoms with E-state index in [0.29, 0.717) is 0 Å². The van der Waals surface area contributed by atoms with E-state index >= 15 is 0 Å². The molecule has 140 valence electrons. The third-order valence-electron chi connectivity index (χ3n) is 5.63. The van der Waals surface area contributed by atoms with Crippen LogP contribution in [0.1, 0.15) is 22.3 Å². The standard InChI is InChI=1S/C25H19N3O/c1-18-6-5-9-22-23(18)25(19-10-14-26-15-11-19,20-12-16-27-17-13-20)24(29)28(22)21-7-3-2-4-8-21/h2-17H,1H3. The number of carbonyl (C=O) groups is 1. The van der Waals surface area contributed by atoms with E-state index < -0.39 is 5.41 Å². The second kappa shape index (κ2) is 6.67. The Kier molecular flexibility index (Phi) is 3.98. The minimum atomic E-state index is -0.956. The van der Waals surface area contributed by atoms with Gasteiger partial charge in [-0.25, -0.2) is 0 Å². The van der Waals surface area contributed by atoms with Gasteiger partial charge in [-0.1, -0.05) is 30.3 Å². The summed E-state index contributed by atoms with van der Waals surface area (Å²) in [5.74, 6) is 0.00500. The number of rotatable bonds is 3. The minimum absolute atomic E-state index is 0.00500. The monoisotopic (exact) mass is 377 g/mol. The van der Waals surface area contributed by atoms with Gasteiger partial charge in [-0.3, -0.25) is 19.7 Å². The molecule has 4 heteroatoms. The van der Waals surface area contributed by atoms with E-state index in [2.05, 4.69) is 23.0 Å². The summed E-state index contributed by atoms with van der Waals surface area (Å²) in [6, 6.07) is 23.6. The summed E-state index contributed by atoms with van der Waals surface area (Å²) in [6.45, 7) is 2.07. The van der Waals surface area contributed by atoms with Crippen molar-refractivity contribution in [2.75, 3.05) is 4.90 Å². The highest BCUT2D eigenvalue weighted by Gasteiger charge is 2.54. The Morgan fingerprint density at radius 2 is 1.31 bits per heavy atom. The maximum atomic E-state index is 14.3. The largest absolute Gasteiger partial charge is 0.279 e. The average Bonchev–Trinajstić information content (AvgIpc) is 3.06. The number of aromatic nitrogens is 2. The summed E-state index contributed by atoms with van der Waals surface area (Å²) < 4.78 is 0. The summed E-state index contributed by atoms with van der Waals surface area (Å²) in [7, 11) is 0. The lowest BCUT2D eigenvalue weighted by Crippen LogP contribution is -2.40. The van der Waals surface area contributed by atoms with Crippen LogP contribution in [0, 0.1) is 6.92 Å². The van der Waals surface area contributed by atoms with Crippen LogP contribution in [0.5, 0.6) is 0 Å². The number of benzene rings is 2. The van der Waals surface area contributed by atoms with Crippen molar-refractivity contribution in [3.05, 3.63) is 120 Å². The van der Waals surface area contributed by atoms with E-state index in [1.54, 1.807) is 24.8 Å². The van der Waals surface area contributed by atoms with Crippen molar-refractivity contribution < 1.29 is 4.79 Å². The lowest BCUT2D eigenvalue weighted by molar-refractivity contribution is -0.120. The van der Waals surface area contributed by atoms with Gasteiger partial charge in [0.05, 0.1) is 5.69 Å². The van der Waals surface area contributed by atoms with Gasteiger partial charge in [0.15, 0.2) is 0 Å². The van der Waals surface area contributed by atoms with E-state index in [-0.39, 0.29) is 5.91 Å². The molecule has 3 heterocycles. The minimum Gasteiger partial charge on any atom is -0.279 e. The van der Waals surface area contributed by atoms with Crippen molar-refractivity contribution in [2.45, 2.75) is 12.3 Å². The first-order valence-electron chi connectivity index (χ1n) is 9.55. The number of aryl methyl sites for hydroxylation is 1. The van der Waals surface area contributed by atoms with Crippen LogP contribution in [0.4, 0.5) is 11.4 Å². The Hall–Kier alpha value is -3.79. The van der Waals surface area contributed by atoms with Gasteiger partial charge in [0.1, 0.15) is 5.41 Å². The quantitative estimate of drug-likeness (QED) is 0.515. The second-order valence-electron chi connectivity index (χ2n) is 7.17. The molecule has 29 heavy (non-hydrogen) atoms. The fourth-order valence-corrected chi connectivity index (χ4v) is 4.45. The molecule has 0 saturated carbocycles. The summed E-state index contributed by atoms with van der Waals surface area (Å²) in [6.07, 6.45) is 6.98. The smallest absolute Gasteiger partial charge is 0.251 e. The molecular weight excluding hydrogens is 358 g/mol. The van der Waals surface area contributed by atoms with Gasteiger partial charge in [-0.2, -0.15) is 0 Å². The molecule has 4 aromatic rings. The molecular formula is C25H19N3O. The molecule has 4 nitrogen and oxygen atoms in total. The van der Waals surface area contributed by atoms with Crippen molar-refractivity contribution in [3.8, 4) is 0 Å². The molecule has 0 bridgehead atoms. The van der Waals surface area contributed by atoms with E-state index in [1.165, 1.54) is 0 Å². The van der Waals surface area contributed by atoms with Gasteiger partial charge in [0.2, 0.25) is 0 Å². The number of carbonyl (C=O) groups excluding carboxylic acids is 1. The molecule has 2 aromatic carbocycles. The molecule has 1 aliphatic heterocycles. The zero-order chi connectivity index (χ0) is 19.8. The number of amides is 1. The average molecular weight is 377 g/mol. The number of hydrogen-bond donors (Lipinski definition) is 0. The van der Waals surface area contributed by atoms with Gasteiger partial charge in [0.25, 0.3) is 5.91 Å². The zero-order valence-corrected chi connectivity index (χ0v) is 16.0. The maximum absolute atomic E-state index is 14.3. The number of hydrogen-bond acceptors (Lipinski definition) is 3. The Morgan fingerprint density at radius 3 is 1.90 bits per heavy atom. The summed E-state index contributed by atoms with van der Waals surface area (Å²) in [5, 5.41) is 0. The molecule has 0 saturated heterocycles. The number of fused-ring (bicyclic) bond motifs is 1. The second-order valence-corrected chi connectivity index (χ2v) is 7.17. The third kappa shape index (κ3) is 2.42. The SMILES string of the molecule is Cc1cccc2c1C(c1ccncc1)(c1ccncc1)C(=O)N2c1ccccc1. The third-order valence-corrected chi connectivity index (χ3v) is 5.63. The van der Waals surface area contributed by atoms with Gasteiger partial charge in [-0.15, -0.1) is 0 Å². The highest BCUT2D eigenvalue weighted by Crippen LogP contribution is 2.53. The van der Waals surface area contributed by atoms with Crippen LogP contribution in [0.2, 0.25) is 0 Å². The predicted molar refractivity (Wildman–Crippen MR) is 113 cm³/mol. The Balaban J connectivity index is 1.91. The molecule has 0 spiro atoms. The summed E-state index contributed by atoms with van der Waals surface area (Å²) in [4.78, 5) is 24.5. The fraction of sp³-hybridized carbons (Fsp3) is 0.0800. The van der Waals surface area contributed by atoms with Crippen molar-refractivity contribution >= 4 is 17.3 Å². The van der Waals surface area contributed by atoms with Gasteiger partial charge >= 0.3 is 0 Å². The molecule has 0 atom stereocenters. The van der Waals surface area contributed by atoms with E-state index in [4.69, 9.17) is 0 Å². The lowest BCUT2D eigenvalue weighted by Gasteiger charge is -2.30. The molecule has 0 unspecified atom stereocenters. The molecule has 1 aliphatic rings. The summed E-state index contributed by atoms with van der Waals surface area (Å²) >= 11 is 0. The number of anilines is 2. The first-order chi connectivity index (χ1) is 14.2. The van der Waals surface area contributed by atoms with Gasteiger partial charge < -0.3 is 0 Å². The van der Waals surface area contributed by atoms with E-state index in [1.807, 2.05) is 71.6 Å². The normalized spacial score (nSPS) is 14.7. The highest BCUT2D eigenvalue weighted by atomic mass is 16.2. The number of nitrogens with zero attached hydrogens (tertiary/aromatic N) is 3.